The van der Waals surface area contributed by atoms with E-state index in [1.807, 2.05) is 63.2 Å². The molecule has 0 saturated carbocycles. The van der Waals surface area contributed by atoms with E-state index in [1.165, 1.54) is 0 Å². The molecule has 0 unspecified atom stereocenters. The van der Waals surface area contributed by atoms with Crippen LogP contribution in [0.4, 0.5) is 0 Å². The molecule has 0 fully saturated rings. The van der Waals surface area contributed by atoms with Crippen molar-refractivity contribution in [1.82, 2.24) is 5.32 Å². The quantitative estimate of drug-likeness (QED) is 0.281. The van der Waals surface area contributed by atoms with Gasteiger partial charge in [-0.3, -0.25) is 4.79 Å². The Hall–Kier alpha value is -3.99. The van der Waals surface area contributed by atoms with Crippen molar-refractivity contribution in [2.45, 2.75) is 27.2 Å². The number of ether oxygens (including phenoxy) is 2. The lowest BCUT2D eigenvalue weighted by Gasteiger charge is -2.15. The van der Waals surface area contributed by atoms with Gasteiger partial charge in [0.2, 0.25) is 5.91 Å². The van der Waals surface area contributed by atoms with Crippen LogP contribution in [0.25, 0.3) is 27.7 Å². The predicted octanol–water partition coefficient (Wildman–Crippen LogP) is 6.58. The average molecular weight is 470 g/mol. The normalized spacial score (nSPS) is 11.5. The number of fused-ring (bicyclic) bond motifs is 1. The molecule has 0 aliphatic carbocycles. The number of hydrogen-bond donors (Lipinski definition) is 1. The van der Waals surface area contributed by atoms with Crippen LogP contribution in [0, 0.1) is 6.92 Å². The molecule has 0 bridgehead atoms. The number of carbonyl (C=O) groups excluding carboxylic acids is 1. The van der Waals surface area contributed by atoms with Crippen LogP contribution in [-0.4, -0.2) is 26.2 Å². The van der Waals surface area contributed by atoms with Gasteiger partial charge in [-0.1, -0.05) is 42.5 Å². The summed E-state index contributed by atoms with van der Waals surface area (Å²) in [5, 5.41) is 3.99. The van der Waals surface area contributed by atoms with Gasteiger partial charge in [-0.2, -0.15) is 0 Å². The molecule has 0 spiro atoms. The van der Waals surface area contributed by atoms with Crippen molar-refractivity contribution in [2.24, 2.45) is 0 Å². The highest BCUT2D eigenvalue weighted by molar-refractivity contribution is 6.01. The van der Waals surface area contributed by atoms with Gasteiger partial charge in [0.25, 0.3) is 0 Å². The fourth-order valence-electron chi connectivity index (χ4n) is 4.26. The highest BCUT2D eigenvalue weighted by atomic mass is 16.5. The van der Waals surface area contributed by atoms with Crippen LogP contribution in [-0.2, 0) is 11.2 Å². The number of amides is 1. The molecule has 4 aromatic rings. The molecule has 5 nitrogen and oxygen atoms in total. The van der Waals surface area contributed by atoms with Gasteiger partial charge in [-0.05, 0) is 62.1 Å². The minimum atomic E-state index is -0.138. The second-order valence-electron chi connectivity index (χ2n) is 8.42. The van der Waals surface area contributed by atoms with E-state index in [4.69, 9.17) is 13.9 Å². The number of nitrogens with one attached hydrogen (secondary N) is 1. The number of allylic oxidation sites excluding steroid dienone is 1. The first-order chi connectivity index (χ1) is 17.0. The molecule has 0 aliphatic heterocycles. The Bertz CT molecular complexity index is 1350. The van der Waals surface area contributed by atoms with Gasteiger partial charge in [0.05, 0.1) is 20.0 Å². The molecule has 0 aliphatic rings. The van der Waals surface area contributed by atoms with Crippen LogP contribution in [0.5, 0.6) is 11.5 Å². The number of hydrogen-bond acceptors (Lipinski definition) is 4. The van der Waals surface area contributed by atoms with Crippen molar-refractivity contribution in [3.8, 4) is 22.6 Å². The maximum absolute atomic E-state index is 12.7. The van der Waals surface area contributed by atoms with Crippen molar-refractivity contribution < 1.29 is 18.7 Å². The number of carbonyl (C=O) groups is 1. The van der Waals surface area contributed by atoms with E-state index < -0.39 is 0 Å². The molecule has 1 amide bonds. The van der Waals surface area contributed by atoms with Gasteiger partial charge < -0.3 is 19.2 Å². The molecule has 0 atom stereocenters. The van der Waals surface area contributed by atoms with Crippen LogP contribution in [0.1, 0.15) is 30.5 Å². The number of methoxy groups -OCH3 is 1. The van der Waals surface area contributed by atoms with Gasteiger partial charge in [-0.15, -0.1) is 0 Å². The van der Waals surface area contributed by atoms with Crippen LogP contribution >= 0.6 is 0 Å². The molecule has 5 heteroatoms. The van der Waals surface area contributed by atoms with Crippen LogP contribution < -0.4 is 14.8 Å². The molecule has 4 rings (SSSR count). The first-order valence-electron chi connectivity index (χ1n) is 11.8. The Labute approximate surface area is 206 Å². The highest BCUT2D eigenvalue weighted by Crippen LogP contribution is 2.40. The number of furan rings is 1. The van der Waals surface area contributed by atoms with E-state index in [-0.39, 0.29) is 5.91 Å². The zero-order chi connectivity index (χ0) is 24.8. The molecule has 1 heterocycles. The van der Waals surface area contributed by atoms with Crippen LogP contribution in [0.3, 0.4) is 0 Å². The van der Waals surface area contributed by atoms with Gasteiger partial charge in [0, 0.05) is 34.7 Å². The van der Waals surface area contributed by atoms with Crippen molar-refractivity contribution in [3.05, 3.63) is 89.7 Å². The van der Waals surface area contributed by atoms with E-state index in [0.29, 0.717) is 13.2 Å². The molecular formula is C30H31NO4. The molecule has 3 aromatic carbocycles. The van der Waals surface area contributed by atoms with E-state index in [1.54, 1.807) is 19.4 Å². The maximum atomic E-state index is 12.7. The molecule has 0 saturated heterocycles. The van der Waals surface area contributed by atoms with Crippen molar-refractivity contribution in [1.29, 1.82) is 0 Å². The van der Waals surface area contributed by atoms with Gasteiger partial charge in [0.15, 0.2) is 0 Å². The molecule has 1 N–H and O–H groups in total. The van der Waals surface area contributed by atoms with Gasteiger partial charge in [-0.25, -0.2) is 0 Å². The summed E-state index contributed by atoms with van der Waals surface area (Å²) >= 11 is 0. The second-order valence-corrected chi connectivity index (χ2v) is 8.42. The molecule has 0 radical (unpaired) electrons. The number of aryl methyl sites for hydroxylation is 1. The summed E-state index contributed by atoms with van der Waals surface area (Å²) in [5.74, 6) is 1.42. The van der Waals surface area contributed by atoms with Gasteiger partial charge >= 0.3 is 0 Å². The topological polar surface area (TPSA) is 60.7 Å². The maximum Gasteiger partial charge on any atom is 0.244 e. The lowest BCUT2D eigenvalue weighted by Crippen LogP contribution is -2.23. The fourth-order valence-corrected chi connectivity index (χ4v) is 4.26. The Balaban J connectivity index is 1.60. The molecule has 180 valence electrons. The smallest absolute Gasteiger partial charge is 0.244 e. The SMILES string of the molecule is CCOc1c(/C(C)=C/C(=O)NCCc2cccc(OC)c2)cc2c(-c3ccccc3)coc2c1C. The summed E-state index contributed by atoms with van der Waals surface area (Å²) in [7, 11) is 1.65. The molecule has 1 aromatic heterocycles. The van der Waals surface area contributed by atoms with Crippen molar-refractivity contribution in [2.75, 3.05) is 20.3 Å². The van der Waals surface area contributed by atoms with Crippen molar-refractivity contribution >= 4 is 22.4 Å². The van der Waals surface area contributed by atoms with Crippen molar-refractivity contribution in [3.63, 3.8) is 0 Å². The number of benzene rings is 3. The third-order valence-electron chi connectivity index (χ3n) is 6.04. The Morgan fingerprint density at radius 1 is 1.09 bits per heavy atom. The lowest BCUT2D eigenvalue weighted by atomic mass is 9.96. The fraction of sp³-hybridized carbons (Fsp3) is 0.233. The summed E-state index contributed by atoms with van der Waals surface area (Å²) in [5.41, 5.74) is 6.65. The van der Waals surface area contributed by atoms with Gasteiger partial charge in [0.1, 0.15) is 17.1 Å². The summed E-state index contributed by atoms with van der Waals surface area (Å²) in [6.07, 6.45) is 4.15. The van der Waals surface area contributed by atoms with E-state index in [2.05, 4.69) is 23.5 Å². The monoisotopic (exact) mass is 469 g/mol. The third-order valence-corrected chi connectivity index (χ3v) is 6.04. The Morgan fingerprint density at radius 3 is 2.63 bits per heavy atom. The standard InChI is InChI=1S/C30H31NO4/c1-5-34-29-21(3)30-26(27(19-35-30)23-11-7-6-8-12-23)18-25(29)20(2)16-28(32)31-15-14-22-10-9-13-24(17-22)33-4/h6-13,16-19H,5,14-15H2,1-4H3,(H,31,32)/b20-16+. The lowest BCUT2D eigenvalue weighted by molar-refractivity contribution is -0.116. The zero-order valence-electron chi connectivity index (χ0n) is 20.7. The molecule has 35 heavy (non-hydrogen) atoms. The first-order valence-corrected chi connectivity index (χ1v) is 11.8. The molecular weight excluding hydrogens is 438 g/mol. The average Bonchev–Trinajstić information content (AvgIpc) is 3.30. The summed E-state index contributed by atoms with van der Waals surface area (Å²) < 4.78 is 17.2. The van der Waals surface area contributed by atoms with Crippen LogP contribution in [0.2, 0.25) is 0 Å². The Kier molecular flexibility index (Phi) is 7.56. The van der Waals surface area contributed by atoms with E-state index in [9.17, 15) is 4.79 Å². The summed E-state index contributed by atoms with van der Waals surface area (Å²) in [6, 6.07) is 20.1. The van der Waals surface area contributed by atoms with Crippen LogP contribution in [0.15, 0.2) is 77.4 Å². The summed E-state index contributed by atoms with van der Waals surface area (Å²) in [4.78, 5) is 12.7. The first kappa shape index (κ1) is 24.1. The summed E-state index contributed by atoms with van der Waals surface area (Å²) in [6.45, 7) is 6.94. The minimum Gasteiger partial charge on any atom is -0.497 e. The predicted molar refractivity (Wildman–Crippen MR) is 141 cm³/mol. The van der Waals surface area contributed by atoms with E-state index >= 15 is 0 Å². The Morgan fingerprint density at radius 2 is 1.89 bits per heavy atom. The second kappa shape index (κ2) is 11.0. The highest BCUT2D eigenvalue weighted by Gasteiger charge is 2.19. The third kappa shape index (κ3) is 5.40. The largest absolute Gasteiger partial charge is 0.497 e. The minimum absolute atomic E-state index is 0.138. The zero-order valence-corrected chi connectivity index (χ0v) is 20.7. The number of rotatable bonds is 9. The van der Waals surface area contributed by atoms with E-state index in [0.717, 1.165) is 62.3 Å².